The second-order valence-corrected chi connectivity index (χ2v) is 4.95. The molecule has 0 bridgehead atoms. The smallest absolute Gasteiger partial charge is 0.0965 e. The molecule has 2 rings (SSSR count). The molecule has 0 amide bonds. The molecule has 1 saturated carbocycles. The highest BCUT2D eigenvalue weighted by atomic mass is 16.5. The molecule has 1 aromatic rings. The third-order valence-corrected chi connectivity index (χ3v) is 3.64. The fourth-order valence-electron chi connectivity index (χ4n) is 2.53. The number of aromatic nitrogens is 1. The monoisotopic (exact) mass is 234 g/mol. The quantitative estimate of drug-likeness (QED) is 0.871. The van der Waals surface area contributed by atoms with Crippen LogP contribution >= 0.6 is 0 Å². The first-order valence-corrected chi connectivity index (χ1v) is 6.56. The maximum atomic E-state index is 6.17. The lowest BCUT2D eigenvalue weighted by Crippen LogP contribution is -2.30. The summed E-state index contributed by atoms with van der Waals surface area (Å²) < 4.78 is 6.17. The van der Waals surface area contributed by atoms with Crippen LogP contribution in [0.15, 0.2) is 24.5 Å². The number of hydrogen-bond donors (Lipinski definition) is 1. The molecule has 3 nitrogen and oxygen atoms in total. The van der Waals surface area contributed by atoms with Crippen LogP contribution in [0.4, 0.5) is 0 Å². The van der Waals surface area contributed by atoms with Gasteiger partial charge in [-0.05, 0) is 24.8 Å². The molecule has 1 aliphatic rings. The van der Waals surface area contributed by atoms with Gasteiger partial charge < -0.3 is 10.5 Å². The van der Waals surface area contributed by atoms with E-state index in [1.165, 1.54) is 19.3 Å². The summed E-state index contributed by atoms with van der Waals surface area (Å²) in [4.78, 5) is 4.13. The van der Waals surface area contributed by atoms with Crippen molar-refractivity contribution in [2.75, 3.05) is 6.54 Å². The molecule has 1 aromatic heterocycles. The number of ether oxygens (including phenoxy) is 1. The van der Waals surface area contributed by atoms with E-state index in [0.717, 1.165) is 12.0 Å². The van der Waals surface area contributed by atoms with Crippen LogP contribution in [0, 0.1) is 5.92 Å². The van der Waals surface area contributed by atoms with E-state index < -0.39 is 0 Å². The molecule has 1 heterocycles. The van der Waals surface area contributed by atoms with Crippen LogP contribution in [0.5, 0.6) is 0 Å². The molecule has 0 saturated heterocycles. The van der Waals surface area contributed by atoms with Gasteiger partial charge in [0, 0.05) is 24.5 Å². The number of pyridine rings is 1. The van der Waals surface area contributed by atoms with E-state index in [9.17, 15) is 0 Å². The van der Waals surface area contributed by atoms with Gasteiger partial charge in [0.05, 0.1) is 12.2 Å². The lowest BCUT2D eigenvalue weighted by atomic mass is 9.88. The molecule has 3 heteroatoms. The maximum absolute atomic E-state index is 6.17. The van der Waals surface area contributed by atoms with Crippen LogP contribution in [-0.2, 0) is 4.74 Å². The first-order chi connectivity index (χ1) is 8.31. The van der Waals surface area contributed by atoms with Crippen molar-refractivity contribution in [3.05, 3.63) is 30.1 Å². The predicted molar refractivity (Wildman–Crippen MR) is 68.5 cm³/mol. The zero-order valence-electron chi connectivity index (χ0n) is 10.5. The Morgan fingerprint density at radius 1 is 1.47 bits per heavy atom. The third-order valence-electron chi connectivity index (χ3n) is 3.64. The summed E-state index contributed by atoms with van der Waals surface area (Å²) in [7, 11) is 0. The fourth-order valence-corrected chi connectivity index (χ4v) is 2.53. The van der Waals surface area contributed by atoms with Crippen LogP contribution in [0.1, 0.15) is 44.3 Å². The summed E-state index contributed by atoms with van der Waals surface area (Å²) in [5.41, 5.74) is 6.91. The van der Waals surface area contributed by atoms with Crippen molar-refractivity contribution in [2.45, 2.75) is 44.8 Å². The van der Waals surface area contributed by atoms with Crippen molar-refractivity contribution in [3.8, 4) is 0 Å². The van der Waals surface area contributed by atoms with Gasteiger partial charge in [0.2, 0.25) is 0 Å². The van der Waals surface area contributed by atoms with E-state index in [4.69, 9.17) is 10.5 Å². The lowest BCUT2D eigenvalue weighted by Gasteiger charge is -2.32. The standard InChI is InChI=1S/C14H22N2O/c1-11-5-2-3-7-13(11)17-14(9-15)12-6-4-8-16-10-12/h4,6,8,10-11,13-14H,2-3,5,7,9,15H2,1H3. The van der Waals surface area contributed by atoms with Crippen LogP contribution in [0.3, 0.4) is 0 Å². The molecule has 1 aliphatic carbocycles. The van der Waals surface area contributed by atoms with Gasteiger partial charge in [0.1, 0.15) is 0 Å². The predicted octanol–water partition coefficient (Wildman–Crippen LogP) is 2.68. The Morgan fingerprint density at radius 3 is 2.94 bits per heavy atom. The summed E-state index contributed by atoms with van der Waals surface area (Å²) in [6.45, 7) is 2.80. The minimum atomic E-state index is -0.00532. The molecular formula is C14H22N2O. The summed E-state index contributed by atoms with van der Waals surface area (Å²) in [5, 5.41) is 0. The molecule has 3 unspecified atom stereocenters. The van der Waals surface area contributed by atoms with E-state index in [-0.39, 0.29) is 6.10 Å². The number of hydrogen-bond acceptors (Lipinski definition) is 3. The van der Waals surface area contributed by atoms with Gasteiger partial charge in [-0.15, -0.1) is 0 Å². The first-order valence-electron chi connectivity index (χ1n) is 6.56. The van der Waals surface area contributed by atoms with E-state index in [0.29, 0.717) is 18.6 Å². The molecule has 94 valence electrons. The first kappa shape index (κ1) is 12.5. The van der Waals surface area contributed by atoms with Gasteiger partial charge >= 0.3 is 0 Å². The Bertz CT molecular complexity index is 328. The zero-order valence-corrected chi connectivity index (χ0v) is 10.5. The minimum absolute atomic E-state index is 0.00532. The third kappa shape index (κ3) is 3.27. The van der Waals surface area contributed by atoms with Gasteiger partial charge in [-0.2, -0.15) is 0 Å². The molecular weight excluding hydrogens is 212 g/mol. The SMILES string of the molecule is CC1CCCCC1OC(CN)c1cccnc1. The normalized spacial score (nSPS) is 26.7. The van der Waals surface area contributed by atoms with Crippen LogP contribution in [-0.4, -0.2) is 17.6 Å². The van der Waals surface area contributed by atoms with Gasteiger partial charge in [0.15, 0.2) is 0 Å². The molecule has 0 aliphatic heterocycles. The average molecular weight is 234 g/mol. The van der Waals surface area contributed by atoms with Crippen molar-refractivity contribution in [1.82, 2.24) is 4.98 Å². The van der Waals surface area contributed by atoms with E-state index in [1.807, 2.05) is 18.3 Å². The fraction of sp³-hybridized carbons (Fsp3) is 0.643. The molecule has 17 heavy (non-hydrogen) atoms. The molecule has 3 atom stereocenters. The minimum Gasteiger partial charge on any atom is -0.369 e. The number of nitrogens with two attached hydrogens (primary N) is 1. The van der Waals surface area contributed by atoms with Crippen LogP contribution in [0.2, 0.25) is 0 Å². The summed E-state index contributed by atoms with van der Waals surface area (Å²) >= 11 is 0. The molecule has 0 spiro atoms. The van der Waals surface area contributed by atoms with Crippen molar-refractivity contribution >= 4 is 0 Å². The highest BCUT2D eigenvalue weighted by Crippen LogP contribution is 2.30. The summed E-state index contributed by atoms with van der Waals surface area (Å²) in [5.74, 6) is 0.648. The highest BCUT2D eigenvalue weighted by molar-refractivity contribution is 5.12. The molecule has 0 aromatic carbocycles. The molecule has 1 fully saturated rings. The zero-order chi connectivity index (χ0) is 12.1. The number of nitrogens with zero attached hydrogens (tertiary/aromatic N) is 1. The molecule has 2 N–H and O–H groups in total. The maximum Gasteiger partial charge on any atom is 0.0965 e. The lowest BCUT2D eigenvalue weighted by molar-refractivity contribution is -0.0534. The van der Waals surface area contributed by atoms with Gasteiger partial charge in [-0.1, -0.05) is 25.8 Å². The second kappa shape index (κ2) is 6.12. The van der Waals surface area contributed by atoms with Gasteiger partial charge in [0.25, 0.3) is 0 Å². The average Bonchev–Trinajstić information content (AvgIpc) is 2.39. The van der Waals surface area contributed by atoms with Crippen molar-refractivity contribution in [2.24, 2.45) is 11.7 Å². The Morgan fingerprint density at radius 2 is 2.29 bits per heavy atom. The largest absolute Gasteiger partial charge is 0.369 e. The van der Waals surface area contributed by atoms with Crippen molar-refractivity contribution in [3.63, 3.8) is 0 Å². The van der Waals surface area contributed by atoms with E-state index in [2.05, 4.69) is 11.9 Å². The Balaban J connectivity index is 1.99. The Kier molecular flexibility index (Phi) is 4.51. The summed E-state index contributed by atoms with van der Waals surface area (Å²) in [6.07, 6.45) is 9.03. The Hall–Kier alpha value is -0.930. The summed E-state index contributed by atoms with van der Waals surface area (Å²) in [6, 6.07) is 3.98. The number of rotatable bonds is 4. The van der Waals surface area contributed by atoms with Gasteiger partial charge in [-0.3, -0.25) is 4.98 Å². The van der Waals surface area contributed by atoms with Gasteiger partial charge in [-0.25, -0.2) is 0 Å². The van der Waals surface area contributed by atoms with E-state index in [1.54, 1.807) is 6.20 Å². The highest BCUT2D eigenvalue weighted by Gasteiger charge is 2.25. The van der Waals surface area contributed by atoms with Crippen LogP contribution in [0.25, 0.3) is 0 Å². The van der Waals surface area contributed by atoms with Crippen LogP contribution < -0.4 is 5.73 Å². The van der Waals surface area contributed by atoms with E-state index >= 15 is 0 Å². The topological polar surface area (TPSA) is 48.1 Å². The molecule has 0 radical (unpaired) electrons. The van der Waals surface area contributed by atoms with Crippen molar-refractivity contribution in [1.29, 1.82) is 0 Å². The second-order valence-electron chi connectivity index (χ2n) is 4.95. The Labute approximate surface area is 103 Å². The van der Waals surface area contributed by atoms with Crippen molar-refractivity contribution < 1.29 is 4.74 Å².